The predicted molar refractivity (Wildman–Crippen MR) is 79.1 cm³/mol. The van der Waals surface area contributed by atoms with Crippen LogP contribution in [0.15, 0.2) is 16.3 Å². The summed E-state index contributed by atoms with van der Waals surface area (Å²) in [5, 5.41) is 1.52. The first-order chi connectivity index (χ1) is 10.4. The van der Waals surface area contributed by atoms with Gasteiger partial charge in [0.05, 0.1) is 7.11 Å². The number of likely N-dealkylation sites (tertiary alicyclic amines) is 1. The highest BCUT2D eigenvalue weighted by atomic mass is 32.2. The summed E-state index contributed by atoms with van der Waals surface area (Å²) in [5.74, 6) is -0.703. The molecule has 1 unspecified atom stereocenters. The van der Waals surface area contributed by atoms with Crippen LogP contribution in [0.1, 0.15) is 28.9 Å². The average molecular weight is 344 g/mol. The summed E-state index contributed by atoms with van der Waals surface area (Å²) in [6, 6.07) is 1.19. The average Bonchev–Trinajstić information content (AvgIpc) is 3.05. The van der Waals surface area contributed by atoms with Crippen LogP contribution in [0.25, 0.3) is 0 Å². The second kappa shape index (κ2) is 5.64. The first kappa shape index (κ1) is 15.4. The zero-order chi connectivity index (χ0) is 15.9. The number of carbonyl (C=O) groups is 2. The Balaban J connectivity index is 1.76. The van der Waals surface area contributed by atoms with Crippen molar-refractivity contribution in [2.75, 3.05) is 13.7 Å². The third kappa shape index (κ3) is 2.88. The van der Waals surface area contributed by atoms with E-state index in [1.165, 1.54) is 18.6 Å². The predicted octanol–water partition coefficient (Wildman–Crippen LogP) is 0.576. The van der Waals surface area contributed by atoms with Crippen molar-refractivity contribution in [3.63, 3.8) is 0 Å². The number of sulfonamides is 1. The van der Waals surface area contributed by atoms with Gasteiger partial charge in [-0.3, -0.25) is 4.79 Å². The molecular weight excluding hydrogens is 328 g/mol. The maximum Gasteiger partial charge on any atom is 0.349 e. The number of methoxy groups -OCH3 is 1. The molecule has 1 aliphatic carbocycles. The zero-order valence-electron chi connectivity index (χ0n) is 11.9. The maximum absolute atomic E-state index is 12.4. The first-order valence-electron chi connectivity index (χ1n) is 6.90. The van der Waals surface area contributed by atoms with E-state index in [0.29, 0.717) is 6.54 Å². The number of esters is 1. The number of thiophene rings is 1. The molecule has 1 aliphatic heterocycles. The minimum absolute atomic E-state index is 0.0197. The number of nitrogens with one attached hydrogen (secondary N) is 1. The van der Waals surface area contributed by atoms with Gasteiger partial charge in [-0.1, -0.05) is 0 Å². The van der Waals surface area contributed by atoms with Gasteiger partial charge in [-0.15, -0.1) is 11.3 Å². The molecule has 7 nitrogen and oxygen atoms in total. The fourth-order valence-electron chi connectivity index (χ4n) is 2.58. The topological polar surface area (TPSA) is 92.8 Å². The Bertz CT molecular complexity index is 708. The molecule has 22 heavy (non-hydrogen) atoms. The van der Waals surface area contributed by atoms with Gasteiger partial charge in [-0.05, 0) is 24.3 Å². The van der Waals surface area contributed by atoms with E-state index in [2.05, 4.69) is 9.46 Å². The molecule has 2 aliphatic rings. The highest BCUT2D eigenvalue weighted by molar-refractivity contribution is 7.89. The number of nitrogens with zero attached hydrogens (tertiary/aromatic N) is 1. The van der Waals surface area contributed by atoms with Crippen LogP contribution in [0, 0.1) is 0 Å². The Morgan fingerprint density at radius 1 is 1.45 bits per heavy atom. The van der Waals surface area contributed by atoms with Crippen LogP contribution in [0.3, 0.4) is 0 Å². The minimum Gasteiger partial charge on any atom is -0.465 e. The van der Waals surface area contributed by atoms with Crippen LogP contribution in [0.5, 0.6) is 0 Å². The molecule has 1 aromatic heterocycles. The molecule has 1 N–H and O–H groups in total. The molecule has 0 bridgehead atoms. The van der Waals surface area contributed by atoms with E-state index in [-0.39, 0.29) is 28.1 Å². The smallest absolute Gasteiger partial charge is 0.349 e. The van der Waals surface area contributed by atoms with Gasteiger partial charge >= 0.3 is 5.97 Å². The van der Waals surface area contributed by atoms with E-state index in [9.17, 15) is 18.0 Å². The van der Waals surface area contributed by atoms with Crippen molar-refractivity contribution >= 4 is 33.2 Å². The summed E-state index contributed by atoms with van der Waals surface area (Å²) in [6.07, 6.45) is 2.14. The highest BCUT2D eigenvalue weighted by Crippen LogP contribution is 2.31. The quantitative estimate of drug-likeness (QED) is 0.789. The van der Waals surface area contributed by atoms with Crippen LogP contribution < -0.4 is 4.72 Å². The number of amides is 1. The van der Waals surface area contributed by atoms with Gasteiger partial charge in [0.15, 0.2) is 0 Å². The Hall–Kier alpha value is -1.45. The normalized spacial score (nSPS) is 22.1. The van der Waals surface area contributed by atoms with Gasteiger partial charge in [0.2, 0.25) is 15.9 Å². The van der Waals surface area contributed by atoms with Gasteiger partial charge in [-0.25, -0.2) is 17.9 Å². The Morgan fingerprint density at radius 3 is 2.82 bits per heavy atom. The van der Waals surface area contributed by atoms with Crippen LogP contribution in [-0.4, -0.2) is 50.9 Å². The zero-order valence-corrected chi connectivity index (χ0v) is 13.6. The van der Waals surface area contributed by atoms with Gasteiger partial charge in [-0.2, -0.15) is 0 Å². The number of hydrogen-bond donors (Lipinski definition) is 1. The largest absolute Gasteiger partial charge is 0.465 e. The van der Waals surface area contributed by atoms with Crippen LogP contribution in [0.4, 0.5) is 0 Å². The molecule has 2 heterocycles. The first-order valence-corrected chi connectivity index (χ1v) is 9.26. The Kier molecular flexibility index (Phi) is 3.96. The third-order valence-electron chi connectivity index (χ3n) is 3.76. The molecule has 1 amide bonds. The summed E-state index contributed by atoms with van der Waals surface area (Å²) in [6.45, 7) is 0.389. The van der Waals surface area contributed by atoms with Crippen LogP contribution in [0.2, 0.25) is 0 Å². The van der Waals surface area contributed by atoms with Crippen molar-refractivity contribution in [1.82, 2.24) is 9.62 Å². The summed E-state index contributed by atoms with van der Waals surface area (Å²) in [5.41, 5.74) is 0. The second-order valence-corrected chi connectivity index (χ2v) is 8.00. The molecular formula is C13H16N2O5S2. The Morgan fingerprint density at radius 2 is 2.18 bits per heavy atom. The van der Waals surface area contributed by atoms with Crippen LogP contribution >= 0.6 is 11.3 Å². The van der Waals surface area contributed by atoms with E-state index in [4.69, 9.17) is 0 Å². The van der Waals surface area contributed by atoms with E-state index in [0.717, 1.165) is 24.2 Å². The van der Waals surface area contributed by atoms with Gasteiger partial charge < -0.3 is 9.64 Å². The molecule has 9 heteroatoms. The summed E-state index contributed by atoms with van der Waals surface area (Å²) in [7, 11) is -2.65. The molecule has 0 radical (unpaired) electrons. The van der Waals surface area contributed by atoms with Gasteiger partial charge in [0.25, 0.3) is 0 Å². The van der Waals surface area contributed by atoms with Crippen molar-refractivity contribution in [1.29, 1.82) is 0 Å². The summed E-state index contributed by atoms with van der Waals surface area (Å²) < 4.78 is 32.0. The van der Waals surface area contributed by atoms with E-state index < -0.39 is 22.0 Å². The lowest BCUT2D eigenvalue weighted by molar-refractivity contribution is -0.128. The molecule has 1 aromatic rings. The molecule has 0 aromatic carbocycles. The number of hydrogen-bond acceptors (Lipinski definition) is 6. The van der Waals surface area contributed by atoms with Crippen molar-refractivity contribution in [2.24, 2.45) is 0 Å². The van der Waals surface area contributed by atoms with Gasteiger partial charge in [0, 0.05) is 25.0 Å². The fourth-order valence-corrected chi connectivity index (χ4v) is 5.15. The molecule has 2 fully saturated rings. The molecule has 120 valence electrons. The lowest BCUT2D eigenvalue weighted by Crippen LogP contribution is -2.37. The monoisotopic (exact) mass is 344 g/mol. The summed E-state index contributed by atoms with van der Waals surface area (Å²) >= 11 is 1.01. The highest BCUT2D eigenvalue weighted by Gasteiger charge is 2.41. The lowest BCUT2D eigenvalue weighted by atomic mass is 10.3. The Labute approximate surface area is 132 Å². The van der Waals surface area contributed by atoms with Gasteiger partial charge in [0.1, 0.15) is 9.77 Å². The standard InChI is InChI=1S/C13H16N2O5S2/c1-20-13(17)12-10(4-5-21-12)22(18,19)14-8-6-11(16)15(7-8)9-2-3-9/h4-5,8-9,14H,2-3,6-7H2,1H3. The van der Waals surface area contributed by atoms with E-state index >= 15 is 0 Å². The number of ether oxygens (including phenoxy) is 1. The lowest BCUT2D eigenvalue weighted by Gasteiger charge is -2.16. The maximum atomic E-state index is 12.4. The van der Waals surface area contributed by atoms with Crippen molar-refractivity contribution < 1.29 is 22.7 Å². The molecule has 3 rings (SSSR count). The molecule has 1 saturated heterocycles. The van der Waals surface area contributed by atoms with Crippen LogP contribution in [-0.2, 0) is 19.6 Å². The minimum atomic E-state index is -3.86. The van der Waals surface area contributed by atoms with E-state index in [1.807, 2.05) is 0 Å². The molecule has 0 spiro atoms. The van der Waals surface area contributed by atoms with Crippen molar-refractivity contribution in [2.45, 2.75) is 36.2 Å². The molecule has 1 atom stereocenters. The van der Waals surface area contributed by atoms with E-state index in [1.54, 1.807) is 4.90 Å². The number of rotatable bonds is 5. The second-order valence-electron chi connectivity index (χ2n) is 5.41. The third-order valence-corrected chi connectivity index (χ3v) is 6.34. The van der Waals surface area contributed by atoms with Crippen molar-refractivity contribution in [3.05, 3.63) is 16.3 Å². The fraction of sp³-hybridized carbons (Fsp3) is 0.538. The van der Waals surface area contributed by atoms with Crippen molar-refractivity contribution in [3.8, 4) is 0 Å². The number of carbonyl (C=O) groups excluding carboxylic acids is 2. The SMILES string of the molecule is COC(=O)c1sccc1S(=O)(=O)NC1CC(=O)N(C2CC2)C1. The summed E-state index contributed by atoms with van der Waals surface area (Å²) in [4.78, 5) is 25.2. The molecule has 1 saturated carbocycles.